The lowest BCUT2D eigenvalue weighted by atomic mass is 10.1. The van der Waals surface area contributed by atoms with Gasteiger partial charge in [0.05, 0.1) is 11.4 Å². The van der Waals surface area contributed by atoms with Crippen LogP contribution in [0, 0.1) is 13.8 Å². The summed E-state index contributed by atoms with van der Waals surface area (Å²) < 4.78 is 1.64. The van der Waals surface area contributed by atoms with Gasteiger partial charge in [0, 0.05) is 11.9 Å². The number of aryl methyl sites for hydroxylation is 1. The van der Waals surface area contributed by atoms with Crippen molar-refractivity contribution in [3.05, 3.63) is 65.9 Å². The van der Waals surface area contributed by atoms with Crippen molar-refractivity contribution in [2.24, 2.45) is 0 Å². The van der Waals surface area contributed by atoms with Crippen LogP contribution in [0.1, 0.15) is 11.1 Å². The van der Waals surface area contributed by atoms with Gasteiger partial charge in [-0.15, -0.1) is 10.2 Å². The molecule has 0 fully saturated rings. The summed E-state index contributed by atoms with van der Waals surface area (Å²) in [6, 6.07) is 15.2. The quantitative estimate of drug-likeness (QED) is 0.525. The lowest BCUT2D eigenvalue weighted by molar-refractivity contribution is -0.113. The lowest BCUT2D eigenvalue weighted by Gasteiger charge is -2.09. The molecule has 0 aliphatic carbocycles. The Bertz CT molecular complexity index is 1140. The smallest absolute Gasteiger partial charge is 0.234 e. The molecule has 0 bridgehead atoms. The van der Waals surface area contributed by atoms with Crippen LogP contribution >= 0.6 is 11.8 Å². The monoisotopic (exact) mass is 390 g/mol. The molecule has 1 amide bonds. The molecule has 1 N–H and O–H groups in total. The molecule has 1 aromatic carbocycles. The van der Waals surface area contributed by atoms with Crippen molar-refractivity contribution >= 4 is 29.0 Å². The van der Waals surface area contributed by atoms with Crippen molar-refractivity contribution in [1.29, 1.82) is 0 Å². The van der Waals surface area contributed by atoms with Gasteiger partial charge in [-0.25, -0.2) is 0 Å². The number of amides is 1. The van der Waals surface area contributed by atoms with E-state index in [2.05, 4.69) is 25.6 Å². The van der Waals surface area contributed by atoms with E-state index in [1.807, 2.05) is 62.4 Å². The van der Waals surface area contributed by atoms with E-state index in [0.29, 0.717) is 10.8 Å². The van der Waals surface area contributed by atoms with Crippen LogP contribution in [0.3, 0.4) is 0 Å². The Morgan fingerprint density at radius 3 is 2.75 bits per heavy atom. The Morgan fingerprint density at radius 1 is 1.04 bits per heavy atom. The van der Waals surface area contributed by atoms with Crippen LogP contribution in [0.4, 0.5) is 5.69 Å². The number of rotatable bonds is 5. The highest BCUT2D eigenvalue weighted by Crippen LogP contribution is 2.21. The summed E-state index contributed by atoms with van der Waals surface area (Å²) in [6.45, 7) is 4.01. The number of carbonyl (C=O) groups excluding carboxylic acids is 1. The zero-order valence-electron chi connectivity index (χ0n) is 15.5. The van der Waals surface area contributed by atoms with Gasteiger partial charge in [-0.3, -0.25) is 9.78 Å². The van der Waals surface area contributed by atoms with Crippen molar-refractivity contribution in [2.75, 3.05) is 11.1 Å². The predicted molar refractivity (Wildman–Crippen MR) is 109 cm³/mol. The summed E-state index contributed by atoms with van der Waals surface area (Å²) in [6.07, 6.45) is 1.72. The number of nitrogens with zero attached hydrogens (tertiary/aromatic N) is 5. The Kier molecular flexibility index (Phi) is 5.03. The highest BCUT2D eigenvalue weighted by Gasteiger charge is 2.13. The van der Waals surface area contributed by atoms with Gasteiger partial charge in [0.1, 0.15) is 5.69 Å². The molecule has 28 heavy (non-hydrogen) atoms. The standard InChI is InChI=1S/C20H18N6OS/c1-13-6-5-8-15(14(13)2)22-19(27)12-28-20-24-23-18-10-9-17(25-26(18)20)16-7-3-4-11-21-16/h3-11H,12H2,1-2H3,(H,22,27). The molecule has 7 nitrogen and oxygen atoms in total. The molecule has 8 heteroatoms. The third kappa shape index (κ3) is 3.72. The molecule has 0 aliphatic rings. The first-order valence-electron chi connectivity index (χ1n) is 8.74. The molecule has 4 rings (SSSR count). The summed E-state index contributed by atoms with van der Waals surface area (Å²) >= 11 is 1.29. The van der Waals surface area contributed by atoms with E-state index >= 15 is 0 Å². The molecule has 0 saturated heterocycles. The number of thioether (sulfide) groups is 1. The number of carbonyl (C=O) groups is 1. The maximum Gasteiger partial charge on any atom is 0.234 e. The van der Waals surface area contributed by atoms with Crippen molar-refractivity contribution in [3.63, 3.8) is 0 Å². The molecule has 140 valence electrons. The van der Waals surface area contributed by atoms with Gasteiger partial charge in [0.25, 0.3) is 0 Å². The fourth-order valence-corrected chi connectivity index (χ4v) is 3.40. The molecular weight excluding hydrogens is 372 g/mol. The summed E-state index contributed by atoms with van der Waals surface area (Å²) in [5.74, 6) is 0.111. The van der Waals surface area contributed by atoms with Gasteiger partial charge in [0.15, 0.2) is 5.65 Å². The number of hydrogen-bond acceptors (Lipinski definition) is 6. The maximum atomic E-state index is 12.4. The van der Waals surface area contributed by atoms with Gasteiger partial charge < -0.3 is 5.32 Å². The van der Waals surface area contributed by atoms with E-state index in [4.69, 9.17) is 0 Å². The van der Waals surface area contributed by atoms with E-state index in [1.54, 1.807) is 10.7 Å². The van der Waals surface area contributed by atoms with Crippen molar-refractivity contribution < 1.29 is 4.79 Å². The predicted octanol–water partition coefficient (Wildman–Crippen LogP) is 3.53. The summed E-state index contributed by atoms with van der Waals surface area (Å²) in [7, 11) is 0. The van der Waals surface area contributed by atoms with Crippen LogP contribution in [0.2, 0.25) is 0 Å². The Hall–Kier alpha value is -3.26. The van der Waals surface area contributed by atoms with Crippen LogP contribution < -0.4 is 5.32 Å². The number of nitrogens with one attached hydrogen (secondary N) is 1. The van der Waals surface area contributed by atoms with Crippen LogP contribution in [0.25, 0.3) is 17.0 Å². The lowest BCUT2D eigenvalue weighted by Crippen LogP contribution is -2.15. The van der Waals surface area contributed by atoms with Crippen LogP contribution in [-0.4, -0.2) is 36.5 Å². The van der Waals surface area contributed by atoms with Crippen LogP contribution in [0.5, 0.6) is 0 Å². The first-order valence-corrected chi connectivity index (χ1v) is 9.73. The van der Waals surface area contributed by atoms with E-state index in [9.17, 15) is 4.79 Å². The van der Waals surface area contributed by atoms with Gasteiger partial charge in [-0.05, 0) is 55.3 Å². The Morgan fingerprint density at radius 2 is 1.93 bits per heavy atom. The van der Waals surface area contributed by atoms with E-state index in [-0.39, 0.29) is 11.7 Å². The number of fused-ring (bicyclic) bond motifs is 1. The second-order valence-electron chi connectivity index (χ2n) is 6.27. The second-order valence-corrected chi connectivity index (χ2v) is 7.21. The molecule has 3 aromatic heterocycles. The minimum atomic E-state index is -0.101. The summed E-state index contributed by atoms with van der Waals surface area (Å²) in [5.41, 5.74) is 5.14. The minimum Gasteiger partial charge on any atom is -0.325 e. The minimum absolute atomic E-state index is 0.101. The maximum absolute atomic E-state index is 12.4. The van der Waals surface area contributed by atoms with E-state index < -0.39 is 0 Å². The molecule has 0 aliphatic heterocycles. The van der Waals surface area contributed by atoms with E-state index in [1.165, 1.54) is 11.8 Å². The molecule has 0 unspecified atom stereocenters. The van der Waals surface area contributed by atoms with Crippen molar-refractivity contribution in [3.8, 4) is 11.4 Å². The number of aromatic nitrogens is 5. The number of hydrogen-bond donors (Lipinski definition) is 1. The Labute approximate surface area is 166 Å². The molecule has 4 aromatic rings. The van der Waals surface area contributed by atoms with Gasteiger partial charge in [0.2, 0.25) is 11.1 Å². The highest BCUT2D eigenvalue weighted by molar-refractivity contribution is 7.99. The van der Waals surface area contributed by atoms with Gasteiger partial charge in [-0.2, -0.15) is 9.61 Å². The number of pyridine rings is 1. The third-order valence-electron chi connectivity index (χ3n) is 4.37. The third-order valence-corrected chi connectivity index (χ3v) is 5.29. The molecule has 3 heterocycles. The highest BCUT2D eigenvalue weighted by atomic mass is 32.2. The fraction of sp³-hybridized carbons (Fsp3) is 0.150. The normalized spacial score (nSPS) is 10.9. The summed E-state index contributed by atoms with van der Waals surface area (Å²) in [5, 5.41) is 16.4. The van der Waals surface area contributed by atoms with Crippen LogP contribution in [-0.2, 0) is 4.79 Å². The molecule has 0 radical (unpaired) electrons. The first kappa shape index (κ1) is 18.1. The molecule has 0 spiro atoms. The molecular formula is C20H18N6OS. The van der Waals surface area contributed by atoms with E-state index in [0.717, 1.165) is 28.2 Å². The Balaban J connectivity index is 1.50. The first-order chi connectivity index (χ1) is 13.6. The van der Waals surface area contributed by atoms with Gasteiger partial charge >= 0.3 is 0 Å². The zero-order valence-corrected chi connectivity index (χ0v) is 16.3. The van der Waals surface area contributed by atoms with Gasteiger partial charge in [-0.1, -0.05) is 30.0 Å². The average molecular weight is 390 g/mol. The molecule has 0 saturated carbocycles. The largest absolute Gasteiger partial charge is 0.325 e. The van der Waals surface area contributed by atoms with Crippen molar-refractivity contribution in [1.82, 2.24) is 24.8 Å². The average Bonchev–Trinajstić information content (AvgIpc) is 3.13. The van der Waals surface area contributed by atoms with Crippen LogP contribution in [0.15, 0.2) is 59.9 Å². The molecule has 0 atom stereocenters. The number of benzene rings is 1. The topological polar surface area (TPSA) is 85.1 Å². The van der Waals surface area contributed by atoms with Crippen molar-refractivity contribution in [2.45, 2.75) is 19.0 Å². The zero-order chi connectivity index (χ0) is 19.5. The number of anilines is 1. The fourth-order valence-electron chi connectivity index (χ4n) is 2.71. The SMILES string of the molecule is Cc1cccc(NC(=O)CSc2nnc3ccc(-c4ccccn4)nn23)c1C. The second kappa shape index (κ2) is 7.77. The summed E-state index contributed by atoms with van der Waals surface area (Å²) in [4.78, 5) is 16.7.